The highest BCUT2D eigenvalue weighted by molar-refractivity contribution is 5.93. The highest BCUT2D eigenvalue weighted by Crippen LogP contribution is 2.23. The third kappa shape index (κ3) is 9.96. The Balaban J connectivity index is 1.86. The molecule has 3 heteroatoms. The molecule has 1 heterocycles. The summed E-state index contributed by atoms with van der Waals surface area (Å²) >= 11 is 0. The van der Waals surface area contributed by atoms with Gasteiger partial charge in [0.05, 0.1) is 5.57 Å². The first-order chi connectivity index (χ1) is 12.7. The predicted molar refractivity (Wildman–Crippen MR) is 109 cm³/mol. The summed E-state index contributed by atoms with van der Waals surface area (Å²) in [5, 5.41) is 9.74. The molecule has 0 aromatic rings. The molecular weight excluding hydrogens is 324 g/mol. The van der Waals surface area contributed by atoms with Crippen molar-refractivity contribution in [3.05, 3.63) is 36.1 Å². The third-order valence-electron chi connectivity index (χ3n) is 4.89. The fourth-order valence-electron chi connectivity index (χ4n) is 3.17. The second-order valence-corrected chi connectivity index (χ2v) is 7.29. The van der Waals surface area contributed by atoms with Crippen LogP contribution < -0.4 is 0 Å². The fourth-order valence-corrected chi connectivity index (χ4v) is 3.17. The zero-order chi connectivity index (χ0) is 19.0. The van der Waals surface area contributed by atoms with Gasteiger partial charge in [-0.15, -0.1) is 0 Å². The van der Waals surface area contributed by atoms with Crippen molar-refractivity contribution in [2.75, 3.05) is 0 Å². The first-order valence-electron chi connectivity index (χ1n) is 10.6. The van der Waals surface area contributed by atoms with Gasteiger partial charge in [-0.05, 0) is 32.1 Å². The molecule has 0 aromatic heterocycles. The Morgan fingerprint density at radius 2 is 1.38 bits per heavy atom. The lowest BCUT2D eigenvalue weighted by Crippen LogP contribution is -2.07. The van der Waals surface area contributed by atoms with Crippen LogP contribution in [0.2, 0.25) is 0 Å². The van der Waals surface area contributed by atoms with Gasteiger partial charge in [0.2, 0.25) is 0 Å². The average Bonchev–Trinajstić information content (AvgIpc) is 2.87. The van der Waals surface area contributed by atoms with E-state index in [-0.39, 0.29) is 5.76 Å². The van der Waals surface area contributed by atoms with Crippen molar-refractivity contribution in [1.29, 1.82) is 0 Å². The van der Waals surface area contributed by atoms with Gasteiger partial charge in [0, 0.05) is 0 Å². The van der Waals surface area contributed by atoms with E-state index in [9.17, 15) is 9.90 Å². The number of allylic oxidation sites excluding steroid dienone is 3. The minimum atomic E-state index is -0.936. The van der Waals surface area contributed by atoms with Crippen molar-refractivity contribution < 1.29 is 14.6 Å². The zero-order valence-electron chi connectivity index (χ0n) is 16.7. The maximum atomic E-state index is 11.5. The Morgan fingerprint density at radius 1 is 0.885 bits per heavy atom. The van der Waals surface area contributed by atoms with Crippen molar-refractivity contribution >= 4 is 5.97 Å². The largest absolute Gasteiger partial charge is 0.425 e. The fraction of sp³-hybridized carbons (Fsp3) is 0.696. The van der Waals surface area contributed by atoms with Crippen LogP contribution in [0.25, 0.3) is 0 Å². The molecule has 1 atom stereocenters. The standard InChI is InChI=1S/C23H38O3/c1-3-4-5-6-7-8-9-10-11-12-13-14-15-16-17-18-19-21-22(24)20(2)26-23(21)25/h6-7,19,22,24H,2-5,8-18H2,1H3/b7-6-,21-19-/t22-/m1/s1. The van der Waals surface area contributed by atoms with Crippen molar-refractivity contribution in [3.63, 3.8) is 0 Å². The summed E-state index contributed by atoms with van der Waals surface area (Å²) in [6.07, 6.45) is 23.0. The molecule has 0 saturated carbocycles. The minimum Gasteiger partial charge on any atom is -0.425 e. The van der Waals surface area contributed by atoms with Crippen LogP contribution in [-0.2, 0) is 9.53 Å². The summed E-state index contributed by atoms with van der Waals surface area (Å²) in [5.74, 6) is -0.298. The van der Waals surface area contributed by atoms with Gasteiger partial charge < -0.3 is 9.84 Å². The molecule has 0 bridgehead atoms. The van der Waals surface area contributed by atoms with E-state index in [0.29, 0.717) is 5.57 Å². The molecule has 0 unspecified atom stereocenters. The lowest BCUT2D eigenvalue weighted by atomic mass is 10.0. The summed E-state index contributed by atoms with van der Waals surface area (Å²) in [7, 11) is 0. The summed E-state index contributed by atoms with van der Waals surface area (Å²) < 4.78 is 4.81. The van der Waals surface area contributed by atoms with Gasteiger partial charge in [-0.1, -0.05) is 89.5 Å². The molecule has 0 aliphatic carbocycles. The van der Waals surface area contributed by atoms with E-state index in [1.165, 1.54) is 77.0 Å². The van der Waals surface area contributed by atoms with Crippen LogP contribution in [-0.4, -0.2) is 17.2 Å². The second kappa shape index (κ2) is 14.8. The summed E-state index contributed by atoms with van der Waals surface area (Å²) in [5.41, 5.74) is 0.357. The molecule has 0 spiro atoms. The molecule has 0 aromatic carbocycles. The van der Waals surface area contributed by atoms with Gasteiger partial charge in [-0.3, -0.25) is 0 Å². The molecule has 1 N–H and O–H groups in total. The molecule has 1 aliphatic heterocycles. The minimum absolute atomic E-state index is 0.147. The van der Waals surface area contributed by atoms with Crippen LogP contribution in [0.3, 0.4) is 0 Å². The lowest BCUT2D eigenvalue weighted by Gasteiger charge is -2.02. The monoisotopic (exact) mass is 362 g/mol. The highest BCUT2D eigenvalue weighted by Gasteiger charge is 2.32. The molecule has 1 fully saturated rings. The van der Waals surface area contributed by atoms with Gasteiger partial charge in [-0.2, -0.15) is 0 Å². The third-order valence-corrected chi connectivity index (χ3v) is 4.89. The number of hydrogen-bond donors (Lipinski definition) is 1. The van der Waals surface area contributed by atoms with E-state index in [0.717, 1.165) is 12.8 Å². The van der Waals surface area contributed by atoms with Gasteiger partial charge >= 0.3 is 5.97 Å². The Labute approximate surface area is 160 Å². The number of hydrogen-bond acceptors (Lipinski definition) is 3. The van der Waals surface area contributed by atoms with Crippen LogP contribution in [0, 0.1) is 0 Å². The molecule has 26 heavy (non-hydrogen) atoms. The van der Waals surface area contributed by atoms with E-state index in [2.05, 4.69) is 25.7 Å². The summed E-state index contributed by atoms with van der Waals surface area (Å²) in [6.45, 7) is 5.76. The van der Waals surface area contributed by atoms with E-state index in [1.807, 2.05) is 6.08 Å². The number of cyclic esters (lactones) is 1. The van der Waals surface area contributed by atoms with E-state index in [1.54, 1.807) is 0 Å². The SMILES string of the molecule is C=C1OC(=O)/C(=C\CCCCCCCCCCC/C=C\CCCC)[C@@H]1O. The van der Waals surface area contributed by atoms with Crippen molar-refractivity contribution in [2.24, 2.45) is 0 Å². The van der Waals surface area contributed by atoms with Crippen LogP contribution >= 0.6 is 0 Å². The topological polar surface area (TPSA) is 46.5 Å². The van der Waals surface area contributed by atoms with Crippen molar-refractivity contribution in [2.45, 2.75) is 103 Å². The number of rotatable bonds is 15. The van der Waals surface area contributed by atoms with Gasteiger partial charge in [0.25, 0.3) is 0 Å². The van der Waals surface area contributed by atoms with Crippen molar-refractivity contribution in [3.8, 4) is 0 Å². The number of ether oxygens (including phenoxy) is 1. The zero-order valence-corrected chi connectivity index (χ0v) is 16.7. The van der Waals surface area contributed by atoms with Gasteiger partial charge in [-0.25, -0.2) is 4.79 Å². The molecule has 0 radical (unpaired) electrons. The molecule has 148 valence electrons. The van der Waals surface area contributed by atoms with Crippen LogP contribution in [0.15, 0.2) is 36.1 Å². The van der Waals surface area contributed by atoms with Gasteiger partial charge in [0.1, 0.15) is 11.9 Å². The van der Waals surface area contributed by atoms with Crippen LogP contribution in [0.1, 0.15) is 96.8 Å². The van der Waals surface area contributed by atoms with E-state index < -0.39 is 12.1 Å². The smallest absolute Gasteiger partial charge is 0.341 e. The van der Waals surface area contributed by atoms with E-state index >= 15 is 0 Å². The Morgan fingerprint density at radius 3 is 1.88 bits per heavy atom. The number of aliphatic hydroxyl groups excluding tert-OH is 1. The van der Waals surface area contributed by atoms with Crippen molar-refractivity contribution in [1.82, 2.24) is 0 Å². The quantitative estimate of drug-likeness (QED) is 0.159. The van der Waals surface area contributed by atoms with E-state index in [4.69, 9.17) is 4.74 Å². The molecule has 0 amide bonds. The maximum absolute atomic E-state index is 11.5. The average molecular weight is 363 g/mol. The lowest BCUT2D eigenvalue weighted by molar-refractivity contribution is -0.132. The van der Waals surface area contributed by atoms with Crippen LogP contribution in [0.4, 0.5) is 0 Å². The Kier molecular flexibility index (Phi) is 12.9. The molecule has 1 rings (SSSR count). The molecule has 3 nitrogen and oxygen atoms in total. The number of carbonyl (C=O) groups is 1. The predicted octanol–water partition coefficient (Wildman–Crippen LogP) is 6.38. The summed E-state index contributed by atoms with van der Waals surface area (Å²) in [4.78, 5) is 11.5. The first-order valence-corrected chi connectivity index (χ1v) is 10.6. The Hall–Kier alpha value is -1.35. The normalized spacial score (nSPS) is 19.0. The Bertz CT molecular complexity index is 462. The number of unbranched alkanes of at least 4 members (excludes halogenated alkanes) is 12. The number of esters is 1. The maximum Gasteiger partial charge on any atom is 0.341 e. The summed E-state index contributed by atoms with van der Waals surface area (Å²) in [6, 6.07) is 0. The molecular formula is C23H38O3. The number of carbonyl (C=O) groups excluding carboxylic acids is 1. The number of aliphatic hydroxyl groups is 1. The molecule has 1 saturated heterocycles. The first kappa shape index (κ1) is 22.7. The molecule has 1 aliphatic rings. The van der Waals surface area contributed by atoms with Crippen LogP contribution in [0.5, 0.6) is 0 Å². The highest BCUT2D eigenvalue weighted by atomic mass is 16.6. The van der Waals surface area contributed by atoms with Gasteiger partial charge in [0.15, 0.2) is 0 Å². The second-order valence-electron chi connectivity index (χ2n) is 7.29.